The maximum atomic E-state index is 10.2. The molecular formula is C18H19N7OS2. The largest absolute Gasteiger partial charge is 0.373 e. The van der Waals surface area contributed by atoms with Gasteiger partial charge in [-0.3, -0.25) is 4.57 Å². The quantitative estimate of drug-likeness (QED) is 0.403. The molecule has 3 rings (SSSR count). The van der Waals surface area contributed by atoms with E-state index in [2.05, 4.69) is 31.5 Å². The van der Waals surface area contributed by atoms with Crippen molar-refractivity contribution in [1.82, 2.24) is 14.8 Å². The highest BCUT2D eigenvalue weighted by atomic mass is 32.1. The van der Waals surface area contributed by atoms with Crippen LogP contribution in [0.25, 0.3) is 0 Å². The summed E-state index contributed by atoms with van der Waals surface area (Å²) in [6.45, 7) is 1.58. The highest BCUT2D eigenvalue weighted by molar-refractivity contribution is 7.81. The molecule has 1 unspecified atom stereocenters. The lowest BCUT2D eigenvalue weighted by molar-refractivity contribution is 0.128. The Morgan fingerprint density at radius 1 is 0.786 bits per heavy atom. The molecule has 1 aromatic heterocycles. The molecule has 5 N–H and O–H groups in total. The molecule has 0 spiro atoms. The van der Waals surface area contributed by atoms with Crippen molar-refractivity contribution in [2.75, 3.05) is 21.3 Å². The summed E-state index contributed by atoms with van der Waals surface area (Å²) in [4.78, 5) is 0. The number of rotatable bonds is 5. The van der Waals surface area contributed by atoms with Crippen molar-refractivity contribution in [2.45, 2.75) is 13.2 Å². The molecule has 0 aliphatic heterocycles. The zero-order chi connectivity index (χ0) is 19.9. The second-order valence-electron chi connectivity index (χ2n) is 5.74. The lowest BCUT2D eigenvalue weighted by Crippen LogP contribution is -2.25. The van der Waals surface area contributed by atoms with Crippen LogP contribution in [0.2, 0.25) is 0 Å². The lowest BCUT2D eigenvalue weighted by Gasteiger charge is -2.16. The van der Waals surface area contributed by atoms with Crippen LogP contribution in [0.5, 0.6) is 0 Å². The van der Waals surface area contributed by atoms with E-state index in [1.807, 2.05) is 60.7 Å². The van der Waals surface area contributed by atoms with E-state index in [-0.39, 0.29) is 11.9 Å². The van der Waals surface area contributed by atoms with Gasteiger partial charge in [0.05, 0.1) is 0 Å². The van der Waals surface area contributed by atoms with Crippen molar-refractivity contribution < 1.29 is 5.11 Å². The monoisotopic (exact) mass is 413 g/mol. The van der Waals surface area contributed by atoms with E-state index in [4.69, 9.17) is 24.4 Å². The molecular weight excluding hydrogens is 394 g/mol. The third-order valence-electron chi connectivity index (χ3n) is 3.58. The third-order valence-corrected chi connectivity index (χ3v) is 3.99. The number of nitrogens with zero attached hydrogens (tertiary/aromatic N) is 3. The number of aromatic nitrogens is 3. The van der Waals surface area contributed by atoms with Crippen LogP contribution in [0, 0.1) is 0 Å². The van der Waals surface area contributed by atoms with Crippen molar-refractivity contribution >= 4 is 57.9 Å². The van der Waals surface area contributed by atoms with Crippen LogP contribution < -0.4 is 21.3 Å². The third kappa shape index (κ3) is 5.22. The molecule has 0 aliphatic rings. The van der Waals surface area contributed by atoms with Crippen molar-refractivity contribution in [3.8, 4) is 0 Å². The van der Waals surface area contributed by atoms with Gasteiger partial charge in [0.1, 0.15) is 6.23 Å². The number of aliphatic hydroxyl groups excluding tert-OH is 1. The van der Waals surface area contributed by atoms with E-state index in [9.17, 15) is 5.11 Å². The van der Waals surface area contributed by atoms with E-state index in [0.29, 0.717) is 10.2 Å². The van der Waals surface area contributed by atoms with Gasteiger partial charge in [0.2, 0.25) is 11.9 Å². The van der Waals surface area contributed by atoms with Gasteiger partial charge in [-0.25, -0.2) is 0 Å². The normalized spacial score (nSPS) is 11.4. The Bertz CT molecular complexity index is 872. The Balaban J connectivity index is 1.69. The molecule has 2 aromatic carbocycles. The molecule has 8 nitrogen and oxygen atoms in total. The fourth-order valence-corrected chi connectivity index (χ4v) is 2.80. The van der Waals surface area contributed by atoms with Crippen molar-refractivity contribution in [3.05, 3.63) is 60.7 Å². The van der Waals surface area contributed by atoms with Gasteiger partial charge in [0.25, 0.3) is 0 Å². The topological polar surface area (TPSA) is 99.1 Å². The first-order chi connectivity index (χ1) is 13.5. The minimum atomic E-state index is -0.918. The Hall–Kier alpha value is -3.08. The molecule has 1 heterocycles. The van der Waals surface area contributed by atoms with Gasteiger partial charge >= 0.3 is 0 Å². The van der Waals surface area contributed by atoms with Gasteiger partial charge in [0.15, 0.2) is 10.2 Å². The number of para-hydroxylation sites is 2. The standard InChI is InChI=1S/C18H19N7OS2/c1-12(26)25-15(21-17(27)19-13-8-4-2-5-9-13)23-24-16(25)22-18(28)20-14-10-6-3-7-11-14/h2-12,26H,1H3,(H2,19,21,23,27)(H2,20,22,24,28). The molecule has 0 radical (unpaired) electrons. The highest BCUT2D eigenvalue weighted by Crippen LogP contribution is 2.19. The van der Waals surface area contributed by atoms with Crippen molar-refractivity contribution in [3.63, 3.8) is 0 Å². The molecule has 0 saturated heterocycles. The number of hydrogen-bond donors (Lipinski definition) is 5. The molecule has 0 aliphatic carbocycles. The zero-order valence-corrected chi connectivity index (χ0v) is 16.6. The SMILES string of the molecule is CC(O)n1c(NC(=S)Nc2ccccc2)nnc1NC(=S)Nc1ccccc1. The Morgan fingerprint density at radius 3 is 1.54 bits per heavy atom. The van der Waals surface area contributed by atoms with Crippen LogP contribution in [0.1, 0.15) is 13.2 Å². The summed E-state index contributed by atoms with van der Waals surface area (Å²) in [6.07, 6.45) is -0.918. The van der Waals surface area contributed by atoms with Crippen molar-refractivity contribution in [1.29, 1.82) is 0 Å². The summed E-state index contributed by atoms with van der Waals surface area (Å²) in [6, 6.07) is 18.9. The first kappa shape index (κ1) is 19.7. The number of thiocarbonyl (C=S) groups is 2. The minimum absolute atomic E-state index is 0.272. The number of nitrogens with one attached hydrogen (secondary N) is 4. The Labute approximate surface area is 173 Å². The summed E-state index contributed by atoms with van der Waals surface area (Å²) in [5, 5.41) is 30.8. The summed E-state index contributed by atoms with van der Waals surface area (Å²) < 4.78 is 1.44. The van der Waals surface area contributed by atoms with E-state index in [1.54, 1.807) is 6.92 Å². The molecule has 10 heteroatoms. The fraction of sp³-hybridized carbons (Fsp3) is 0.111. The molecule has 144 valence electrons. The molecule has 0 bridgehead atoms. The number of aliphatic hydroxyl groups is 1. The minimum Gasteiger partial charge on any atom is -0.373 e. The van der Waals surface area contributed by atoms with Gasteiger partial charge in [-0.2, -0.15) is 0 Å². The summed E-state index contributed by atoms with van der Waals surface area (Å²) >= 11 is 10.6. The summed E-state index contributed by atoms with van der Waals surface area (Å²) in [5.41, 5.74) is 1.66. The summed E-state index contributed by atoms with van der Waals surface area (Å²) in [5.74, 6) is 0.543. The first-order valence-electron chi connectivity index (χ1n) is 8.42. The maximum Gasteiger partial charge on any atom is 0.234 e. The van der Waals surface area contributed by atoms with Crippen LogP contribution in [-0.2, 0) is 0 Å². The average Bonchev–Trinajstić information content (AvgIpc) is 3.05. The van der Waals surface area contributed by atoms with Gasteiger partial charge < -0.3 is 26.4 Å². The van der Waals surface area contributed by atoms with Gasteiger partial charge in [-0.1, -0.05) is 36.4 Å². The zero-order valence-electron chi connectivity index (χ0n) is 15.0. The molecule has 1 atom stereocenters. The van der Waals surface area contributed by atoms with E-state index < -0.39 is 6.23 Å². The molecule has 0 saturated carbocycles. The van der Waals surface area contributed by atoms with Gasteiger partial charge in [0, 0.05) is 11.4 Å². The predicted molar refractivity (Wildman–Crippen MR) is 120 cm³/mol. The van der Waals surface area contributed by atoms with Crippen molar-refractivity contribution in [2.24, 2.45) is 0 Å². The van der Waals surface area contributed by atoms with Crippen LogP contribution >= 0.6 is 24.4 Å². The van der Waals surface area contributed by atoms with Crippen LogP contribution in [0.15, 0.2) is 60.7 Å². The second-order valence-corrected chi connectivity index (χ2v) is 6.56. The molecule has 0 amide bonds. The first-order valence-corrected chi connectivity index (χ1v) is 9.23. The molecule has 0 fully saturated rings. The summed E-state index contributed by atoms with van der Waals surface area (Å²) in [7, 11) is 0. The van der Waals surface area contributed by atoms with Gasteiger partial charge in [-0.15, -0.1) is 10.2 Å². The average molecular weight is 414 g/mol. The highest BCUT2D eigenvalue weighted by Gasteiger charge is 2.17. The Kier molecular flexibility index (Phi) is 6.48. The van der Waals surface area contributed by atoms with Crippen LogP contribution in [0.4, 0.5) is 23.3 Å². The van der Waals surface area contributed by atoms with E-state index >= 15 is 0 Å². The van der Waals surface area contributed by atoms with E-state index in [1.165, 1.54) is 4.57 Å². The Morgan fingerprint density at radius 2 is 1.18 bits per heavy atom. The van der Waals surface area contributed by atoms with Crippen LogP contribution in [0.3, 0.4) is 0 Å². The molecule has 3 aromatic rings. The maximum absolute atomic E-state index is 10.2. The van der Waals surface area contributed by atoms with Gasteiger partial charge in [-0.05, 0) is 55.6 Å². The smallest absolute Gasteiger partial charge is 0.234 e. The molecule has 28 heavy (non-hydrogen) atoms. The number of benzene rings is 2. The van der Waals surface area contributed by atoms with Crippen LogP contribution in [-0.4, -0.2) is 30.1 Å². The predicted octanol–water partition coefficient (Wildman–Crippen LogP) is 3.41. The fourth-order valence-electron chi connectivity index (χ4n) is 2.39. The second kappa shape index (κ2) is 9.22. The van der Waals surface area contributed by atoms with E-state index in [0.717, 1.165) is 11.4 Å². The number of hydrogen-bond acceptors (Lipinski definition) is 5. The lowest BCUT2D eigenvalue weighted by atomic mass is 10.3. The number of anilines is 4.